The summed E-state index contributed by atoms with van der Waals surface area (Å²) in [6, 6.07) is 9.46. The summed E-state index contributed by atoms with van der Waals surface area (Å²) in [7, 11) is 1.77. The lowest BCUT2D eigenvalue weighted by Crippen LogP contribution is -2.53. The van der Waals surface area contributed by atoms with E-state index in [-0.39, 0.29) is 23.8 Å². The van der Waals surface area contributed by atoms with E-state index in [1.807, 2.05) is 36.5 Å². The molecule has 3 aromatic rings. The Morgan fingerprint density at radius 3 is 2.62 bits per heavy atom. The number of anilines is 1. The van der Waals surface area contributed by atoms with Gasteiger partial charge in [0.05, 0.1) is 23.5 Å². The zero-order chi connectivity index (χ0) is 27.3. The Labute approximate surface area is 228 Å². The maximum Gasteiger partial charge on any atom is 0.259 e. The summed E-state index contributed by atoms with van der Waals surface area (Å²) >= 11 is 0. The predicted molar refractivity (Wildman–Crippen MR) is 148 cm³/mol. The highest BCUT2D eigenvalue weighted by Gasteiger charge is 2.40. The molecule has 6 rings (SSSR count). The van der Waals surface area contributed by atoms with Crippen LogP contribution in [0.1, 0.15) is 67.1 Å². The first-order valence-electron chi connectivity index (χ1n) is 13.8. The molecule has 2 fully saturated rings. The summed E-state index contributed by atoms with van der Waals surface area (Å²) in [5, 5.41) is 8.99. The lowest BCUT2D eigenvalue weighted by Gasteiger charge is -2.36. The SMILES string of the molecule is COC(C)(C)CN1CCC(n2cc(Cc3ccc4c5c(cccc35)C(=O)N4[C@H]3CCC(=O)NC3=O)cn2)CC1. The van der Waals surface area contributed by atoms with Crippen LogP contribution < -0.4 is 10.2 Å². The first kappa shape index (κ1) is 25.7. The van der Waals surface area contributed by atoms with Gasteiger partial charge in [0, 0.05) is 56.7 Å². The molecule has 3 amide bonds. The molecule has 3 aliphatic heterocycles. The smallest absolute Gasteiger partial charge is 0.259 e. The van der Waals surface area contributed by atoms with Gasteiger partial charge in [0.25, 0.3) is 5.91 Å². The van der Waals surface area contributed by atoms with Crippen molar-refractivity contribution in [3.8, 4) is 0 Å². The molecule has 2 aromatic carbocycles. The van der Waals surface area contributed by atoms with Crippen LogP contribution in [0, 0.1) is 0 Å². The molecule has 0 spiro atoms. The van der Waals surface area contributed by atoms with E-state index >= 15 is 0 Å². The molecule has 1 N–H and O–H groups in total. The summed E-state index contributed by atoms with van der Waals surface area (Å²) in [6.07, 6.45) is 7.48. The highest BCUT2D eigenvalue weighted by molar-refractivity contribution is 6.27. The van der Waals surface area contributed by atoms with Gasteiger partial charge in [-0.05, 0) is 61.8 Å². The number of imide groups is 1. The number of ether oxygens (including phenoxy) is 1. The Morgan fingerprint density at radius 1 is 1.08 bits per heavy atom. The number of carbonyl (C=O) groups is 3. The van der Waals surface area contributed by atoms with E-state index in [1.165, 1.54) is 0 Å². The van der Waals surface area contributed by atoms with Crippen LogP contribution in [-0.4, -0.2) is 70.8 Å². The Morgan fingerprint density at radius 2 is 1.87 bits per heavy atom. The molecule has 1 atom stereocenters. The second-order valence-corrected chi connectivity index (χ2v) is 11.6. The molecule has 39 heavy (non-hydrogen) atoms. The number of aromatic nitrogens is 2. The van der Waals surface area contributed by atoms with Gasteiger partial charge in [0.1, 0.15) is 6.04 Å². The maximum absolute atomic E-state index is 13.4. The first-order chi connectivity index (χ1) is 18.7. The molecule has 4 heterocycles. The van der Waals surface area contributed by atoms with Crippen molar-refractivity contribution in [2.24, 2.45) is 0 Å². The van der Waals surface area contributed by atoms with Crippen LogP contribution in [0.2, 0.25) is 0 Å². The van der Waals surface area contributed by atoms with Gasteiger partial charge < -0.3 is 9.64 Å². The Kier molecular flexibility index (Phi) is 6.51. The van der Waals surface area contributed by atoms with Gasteiger partial charge in [0.15, 0.2) is 0 Å². The van der Waals surface area contributed by atoms with Crippen LogP contribution in [0.25, 0.3) is 10.8 Å². The van der Waals surface area contributed by atoms with Crippen LogP contribution in [0.4, 0.5) is 5.69 Å². The second kappa shape index (κ2) is 9.88. The Hall–Kier alpha value is -3.56. The third kappa shape index (κ3) is 4.74. The summed E-state index contributed by atoms with van der Waals surface area (Å²) in [6.45, 7) is 7.23. The van der Waals surface area contributed by atoms with E-state index in [4.69, 9.17) is 9.84 Å². The molecule has 1 aromatic heterocycles. The van der Waals surface area contributed by atoms with Gasteiger partial charge in [-0.2, -0.15) is 5.10 Å². The molecule has 0 saturated carbocycles. The van der Waals surface area contributed by atoms with Gasteiger partial charge in [-0.1, -0.05) is 18.2 Å². The molecule has 0 aliphatic carbocycles. The minimum Gasteiger partial charge on any atom is -0.377 e. The molecular weight excluding hydrogens is 494 g/mol. The zero-order valence-electron chi connectivity index (χ0n) is 22.8. The quantitative estimate of drug-likeness (QED) is 0.471. The van der Waals surface area contributed by atoms with Crippen LogP contribution >= 0.6 is 0 Å². The predicted octanol–water partition coefficient (Wildman–Crippen LogP) is 3.45. The van der Waals surface area contributed by atoms with E-state index in [0.29, 0.717) is 24.4 Å². The third-order valence-electron chi connectivity index (χ3n) is 8.48. The van der Waals surface area contributed by atoms with Crippen molar-refractivity contribution in [2.45, 2.75) is 63.6 Å². The van der Waals surface area contributed by atoms with Crippen LogP contribution in [0.3, 0.4) is 0 Å². The number of nitrogens with zero attached hydrogens (tertiary/aromatic N) is 4. The van der Waals surface area contributed by atoms with Crippen LogP contribution in [0.5, 0.6) is 0 Å². The molecular formula is C30H35N5O4. The van der Waals surface area contributed by atoms with Crippen molar-refractivity contribution < 1.29 is 19.1 Å². The fourth-order valence-electron chi connectivity index (χ4n) is 6.29. The van der Waals surface area contributed by atoms with Gasteiger partial charge in [-0.25, -0.2) is 0 Å². The minimum atomic E-state index is -0.679. The van der Waals surface area contributed by atoms with Gasteiger partial charge in [-0.15, -0.1) is 0 Å². The molecule has 0 radical (unpaired) electrons. The molecule has 204 valence electrons. The first-order valence-corrected chi connectivity index (χ1v) is 13.8. The number of hydrogen-bond donors (Lipinski definition) is 1. The van der Waals surface area contributed by atoms with Crippen molar-refractivity contribution >= 4 is 34.2 Å². The topological polar surface area (TPSA) is 96.8 Å². The summed E-state index contributed by atoms with van der Waals surface area (Å²) < 4.78 is 7.72. The zero-order valence-corrected chi connectivity index (χ0v) is 22.8. The third-order valence-corrected chi connectivity index (χ3v) is 8.48. The molecule has 0 unspecified atom stereocenters. The standard InChI is InChI=1S/C30H35N5O4/c1-30(2,39-3)18-33-13-11-21(12-14-33)34-17-19(16-31-34)15-20-7-8-24-27-22(20)5-4-6-23(27)29(38)35(24)25-9-10-26(36)32-28(25)37/h4-8,16-17,21,25H,9-15,18H2,1-3H3,(H,32,36,37)/t25-/m0/s1. The maximum atomic E-state index is 13.4. The van der Waals surface area contributed by atoms with Crippen molar-refractivity contribution in [2.75, 3.05) is 31.6 Å². The number of likely N-dealkylation sites (tertiary alicyclic amines) is 1. The largest absolute Gasteiger partial charge is 0.377 e. The fourth-order valence-corrected chi connectivity index (χ4v) is 6.29. The summed E-state index contributed by atoms with van der Waals surface area (Å²) in [5.41, 5.74) is 3.44. The average molecular weight is 530 g/mol. The number of rotatable bonds is 7. The highest BCUT2D eigenvalue weighted by Crippen LogP contribution is 2.41. The monoisotopic (exact) mass is 529 g/mol. The molecule has 9 nitrogen and oxygen atoms in total. The van der Waals surface area contributed by atoms with Crippen molar-refractivity contribution in [1.29, 1.82) is 0 Å². The van der Waals surface area contributed by atoms with Gasteiger partial charge in [0.2, 0.25) is 11.8 Å². The van der Waals surface area contributed by atoms with Crippen LogP contribution in [-0.2, 0) is 20.7 Å². The van der Waals surface area contributed by atoms with Crippen LogP contribution in [0.15, 0.2) is 42.7 Å². The summed E-state index contributed by atoms with van der Waals surface area (Å²) in [4.78, 5) is 41.7. The summed E-state index contributed by atoms with van der Waals surface area (Å²) in [5.74, 6) is -0.886. The lowest BCUT2D eigenvalue weighted by atomic mass is 9.97. The van der Waals surface area contributed by atoms with Crippen molar-refractivity contribution in [3.63, 3.8) is 0 Å². The van der Waals surface area contributed by atoms with E-state index in [9.17, 15) is 14.4 Å². The lowest BCUT2D eigenvalue weighted by molar-refractivity contribution is -0.134. The Balaban J connectivity index is 1.20. The number of nitrogens with one attached hydrogen (secondary N) is 1. The second-order valence-electron chi connectivity index (χ2n) is 11.6. The van der Waals surface area contributed by atoms with Crippen molar-refractivity contribution in [3.05, 3.63) is 59.4 Å². The number of piperidine rings is 2. The average Bonchev–Trinajstić information content (AvgIpc) is 3.50. The minimum absolute atomic E-state index is 0.144. The van der Waals surface area contributed by atoms with E-state index in [1.54, 1.807) is 12.0 Å². The number of benzene rings is 2. The number of hydrogen-bond acceptors (Lipinski definition) is 6. The molecule has 2 saturated heterocycles. The van der Waals surface area contributed by atoms with E-state index in [0.717, 1.165) is 60.1 Å². The molecule has 9 heteroatoms. The van der Waals surface area contributed by atoms with E-state index < -0.39 is 11.9 Å². The fraction of sp³-hybridized carbons (Fsp3) is 0.467. The van der Waals surface area contributed by atoms with Crippen molar-refractivity contribution in [1.82, 2.24) is 20.0 Å². The Bertz CT molecular complexity index is 1450. The van der Waals surface area contributed by atoms with Gasteiger partial charge >= 0.3 is 0 Å². The highest BCUT2D eigenvalue weighted by atomic mass is 16.5. The molecule has 3 aliphatic rings. The number of carbonyl (C=O) groups excluding carboxylic acids is 3. The molecule has 0 bridgehead atoms. The van der Waals surface area contributed by atoms with E-state index in [2.05, 4.69) is 34.9 Å². The number of amides is 3. The van der Waals surface area contributed by atoms with Gasteiger partial charge in [-0.3, -0.25) is 29.3 Å². The normalized spacial score (nSPS) is 20.7. The number of methoxy groups -OCH3 is 1.